The fourth-order valence-electron chi connectivity index (χ4n) is 1.77. The van der Waals surface area contributed by atoms with E-state index >= 15 is 0 Å². The van der Waals surface area contributed by atoms with E-state index in [4.69, 9.17) is 0 Å². The number of rotatable bonds is 5. The van der Waals surface area contributed by atoms with Crippen molar-refractivity contribution in [1.82, 2.24) is 14.7 Å². The lowest BCUT2D eigenvalue weighted by atomic mass is 10.1. The van der Waals surface area contributed by atoms with Crippen molar-refractivity contribution in [3.05, 3.63) is 35.0 Å². The molecule has 0 radical (unpaired) electrons. The first-order valence-electron chi connectivity index (χ1n) is 5.92. The summed E-state index contributed by atoms with van der Waals surface area (Å²) in [5.74, 6) is 0. The van der Waals surface area contributed by atoms with Crippen molar-refractivity contribution in [2.24, 2.45) is 0 Å². The van der Waals surface area contributed by atoms with Gasteiger partial charge in [-0.05, 0) is 19.9 Å². The summed E-state index contributed by atoms with van der Waals surface area (Å²) in [7, 11) is -2.03. The fourth-order valence-corrected chi connectivity index (χ4v) is 4.09. The maximum Gasteiger partial charge on any atom is 0.245 e. The molecule has 0 bridgehead atoms. The second-order valence-corrected chi connectivity index (χ2v) is 7.23. The minimum atomic E-state index is -3.70. The normalized spacial score (nSPS) is 12.3. The number of hydrogen-bond donors (Lipinski definition) is 2. The van der Waals surface area contributed by atoms with E-state index in [0.717, 1.165) is 0 Å². The SMILES string of the molecule is CNc1ccncc1S(=O)(=O)NC(C)(C)c1nccs1. The first-order valence-corrected chi connectivity index (χ1v) is 8.29. The van der Waals surface area contributed by atoms with Gasteiger partial charge in [0.25, 0.3) is 0 Å². The van der Waals surface area contributed by atoms with E-state index in [1.54, 1.807) is 33.2 Å². The summed E-state index contributed by atoms with van der Waals surface area (Å²) in [6, 6.07) is 1.62. The molecular weight excluding hydrogens is 296 g/mol. The van der Waals surface area contributed by atoms with E-state index < -0.39 is 15.6 Å². The Kier molecular flexibility index (Phi) is 4.07. The van der Waals surface area contributed by atoms with Crippen molar-refractivity contribution in [2.45, 2.75) is 24.3 Å². The lowest BCUT2D eigenvalue weighted by molar-refractivity contribution is 0.470. The molecule has 0 saturated carbocycles. The molecule has 2 N–H and O–H groups in total. The van der Waals surface area contributed by atoms with Gasteiger partial charge in [0.1, 0.15) is 9.90 Å². The van der Waals surface area contributed by atoms with Crippen LogP contribution < -0.4 is 10.0 Å². The lowest BCUT2D eigenvalue weighted by Crippen LogP contribution is -2.41. The van der Waals surface area contributed by atoms with Gasteiger partial charge in [0, 0.05) is 31.0 Å². The summed E-state index contributed by atoms with van der Waals surface area (Å²) in [6.07, 6.45) is 4.52. The highest BCUT2D eigenvalue weighted by molar-refractivity contribution is 7.89. The Hall–Kier alpha value is -1.51. The zero-order valence-corrected chi connectivity index (χ0v) is 13.0. The molecule has 0 aliphatic heterocycles. The molecule has 0 unspecified atom stereocenters. The van der Waals surface area contributed by atoms with Crippen LogP contribution in [0.25, 0.3) is 0 Å². The standard InChI is InChI=1S/C12H16N4O2S2/c1-12(2,11-15-6-7-19-11)16-20(17,18)10-8-14-5-4-9(10)13-3/h4-8,16H,1-3H3,(H,13,14). The maximum absolute atomic E-state index is 12.5. The van der Waals surface area contributed by atoms with Crippen molar-refractivity contribution in [2.75, 3.05) is 12.4 Å². The van der Waals surface area contributed by atoms with Gasteiger partial charge in [0.15, 0.2) is 0 Å². The molecule has 0 saturated heterocycles. The second kappa shape index (κ2) is 5.47. The molecule has 108 valence electrons. The quantitative estimate of drug-likeness (QED) is 0.879. The van der Waals surface area contributed by atoms with Crippen LogP contribution in [0.1, 0.15) is 18.9 Å². The Balaban J connectivity index is 2.37. The molecular formula is C12H16N4O2S2. The number of nitrogens with zero attached hydrogens (tertiary/aromatic N) is 2. The Morgan fingerprint density at radius 1 is 1.30 bits per heavy atom. The van der Waals surface area contributed by atoms with Crippen molar-refractivity contribution < 1.29 is 8.42 Å². The summed E-state index contributed by atoms with van der Waals surface area (Å²) in [5, 5.41) is 5.37. The summed E-state index contributed by atoms with van der Waals surface area (Å²) in [4.78, 5) is 8.17. The van der Waals surface area contributed by atoms with Gasteiger partial charge in [-0.1, -0.05) is 0 Å². The molecule has 0 aromatic carbocycles. The topological polar surface area (TPSA) is 84.0 Å². The molecule has 2 rings (SSSR count). The average molecular weight is 312 g/mol. The Bertz CT molecular complexity index is 681. The van der Waals surface area contributed by atoms with Crippen molar-refractivity contribution in [1.29, 1.82) is 0 Å². The van der Waals surface area contributed by atoms with E-state index in [1.807, 2.05) is 5.38 Å². The van der Waals surface area contributed by atoms with E-state index in [-0.39, 0.29) is 4.90 Å². The van der Waals surface area contributed by atoms with Crippen molar-refractivity contribution >= 4 is 27.0 Å². The van der Waals surface area contributed by atoms with Crippen LogP contribution in [0, 0.1) is 0 Å². The largest absolute Gasteiger partial charge is 0.387 e. The minimum absolute atomic E-state index is 0.118. The summed E-state index contributed by atoms with van der Waals surface area (Å²) in [6.45, 7) is 3.55. The second-order valence-electron chi connectivity index (χ2n) is 4.69. The molecule has 0 atom stereocenters. The van der Waals surface area contributed by atoms with Gasteiger partial charge in [0.2, 0.25) is 10.0 Å². The van der Waals surface area contributed by atoms with Gasteiger partial charge in [-0.2, -0.15) is 4.72 Å². The highest BCUT2D eigenvalue weighted by Crippen LogP contribution is 2.26. The number of anilines is 1. The van der Waals surface area contributed by atoms with Crippen molar-refractivity contribution in [3.63, 3.8) is 0 Å². The minimum Gasteiger partial charge on any atom is -0.387 e. The van der Waals surface area contributed by atoms with E-state index in [1.165, 1.54) is 23.7 Å². The van der Waals surface area contributed by atoms with Crippen LogP contribution in [0.2, 0.25) is 0 Å². The fraction of sp³-hybridized carbons (Fsp3) is 0.333. The Morgan fingerprint density at radius 3 is 2.65 bits per heavy atom. The molecule has 0 aliphatic rings. The smallest absolute Gasteiger partial charge is 0.245 e. The van der Waals surface area contributed by atoms with Crippen LogP contribution in [-0.2, 0) is 15.6 Å². The first-order chi connectivity index (χ1) is 9.37. The van der Waals surface area contributed by atoms with Gasteiger partial charge in [-0.25, -0.2) is 13.4 Å². The molecule has 0 spiro atoms. The van der Waals surface area contributed by atoms with Crippen LogP contribution >= 0.6 is 11.3 Å². The molecule has 2 aromatic heterocycles. The number of aromatic nitrogens is 2. The molecule has 0 aliphatic carbocycles. The van der Waals surface area contributed by atoms with Gasteiger partial charge in [-0.15, -0.1) is 11.3 Å². The van der Waals surface area contributed by atoms with Gasteiger partial charge in [-0.3, -0.25) is 4.98 Å². The highest BCUT2D eigenvalue weighted by Gasteiger charge is 2.31. The van der Waals surface area contributed by atoms with Crippen LogP contribution in [0.4, 0.5) is 5.69 Å². The monoisotopic (exact) mass is 312 g/mol. The number of nitrogens with one attached hydrogen (secondary N) is 2. The zero-order valence-electron chi connectivity index (χ0n) is 11.4. The molecule has 2 heterocycles. The summed E-state index contributed by atoms with van der Waals surface area (Å²) in [5.41, 5.74) is -0.282. The predicted octanol–water partition coefficient (Wildman–Crippen LogP) is 1.79. The number of pyridine rings is 1. The third-order valence-corrected chi connectivity index (χ3v) is 5.48. The third kappa shape index (κ3) is 2.97. The van der Waals surface area contributed by atoms with Gasteiger partial charge >= 0.3 is 0 Å². The molecule has 6 nitrogen and oxygen atoms in total. The predicted molar refractivity (Wildman–Crippen MR) is 79.2 cm³/mol. The molecule has 0 fully saturated rings. The molecule has 8 heteroatoms. The van der Waals surface area contributed by atoms with Crippen LogP contribution in [0.15, 0.2) is 34.9 Å². The summed E-state index contributed by atoms with van der Waals surface area (Å²) >= 11 is 1.41. The molecule has 20 heavy (non-hydrogen) atoms. The van der Waals surface area contributed by atoms with E-state index in [2.05, 4.69) is 20.0 Å². The van der Waals surface area contributed by atoms with Gasteiger partial charge < -0.3 is 5.32 Å². The Morgan fingerprint density at radius 2 is 2.05 bits per heavy atom. The lowest BCUT2D eigenvalue weighted by Gasteiger charge is -2.24. The summed E-state index contributed by atoms with van der Waals surface area (Å²) < 4.78 is 27.7. The first kappa shape index (κ1) is 14.9. The van der Waals surface area contributed by atoms with Crippen LogP contribution in [0.3, 0.4) is 0 Å². The number of sulfonamides is 1. The van der Waals surface area contributed by atoms with Crippen molar-refractivity contribution in [3.8, 4) is 0 Å². The van der Waals surface area contributed by atoms with E-state index in [9.17, 15) is 8.42 Å². The number of hydrogen-bond acceptors (Lipinski definition) is 6. The average Bonchev–Trinajstić information content (AvgIpc) is 2.92. The van der Waals surface area contributed by atoms with Gasteiger partial charge in [0.05, 0.1) is 11.2 Å². The number of thiazole rings is 1. The molecule has 0 amide bonds. The zero-order chi connectivity index (χ0) is 14.8. The molecule has 2 aromatic rings. The van der Waals surface area contributed by atoms with E-state index in [0.29, 0.717) is 10.7 Å². The Labute approximate surface area is 122 Å². The third-order valence-electron chi connectivity index (χ3n) is 2.70. The van der Waals surface area contributed by atoms with Crippen LogP contribution in [-0.4, -0.2) is 25.4 Å². The highest BCUT2D eigenvalue weighted by atomic mass is 32.2. The van der Waals surface area contributed by atoms with Crippen LogP contribution in [0.5, 0.6) is 0 Å². The maximum atomic E-state index is 12.5.